The molecule has 9 heteroatoms. The molecule has 0 atom stereocenters. The zero-order chi connectivity index (χ0) is 74.3. The molecular weight excluding hydrogens is 1420 g/mol. The van der Waals surface area contributed by atoms with Crippen LogP contribution in [0.3, 0.4) is 0 Å². The summed E-state index contributed by atoms with van der Waals surface area (Å²) in [5.41, 5.74) is 13.6. The number of hydrogen-bond acceptors (Lipinski definition) is 7. The van der Waals surface area contributed by atoms with E-state index in [4.69, 9.17) is 22.1 Å². The Kier molecular flexibility index (Phi) is 14.7. The molecule has 23 rings (SSSR count). The number of rotatable bonds is 14. The summed E-state index contributed by atoms with van der Waals surface area (Å²) in [6, 6.07) is 145. The van der Waals surface area contributed by atoms with Crippen LogP contribution in [0, 0.1) is 0 Å². The van der Waals surface area contributed by atoms with Gasteiger partial charge in [-0.25, -0.2) is 0 Å². The van der Waals surface area contributed by atoms with Gasteiger partial charge < -0.3 is 31.9 Å². The van der Waals surface area contributed by atoms with Crippen LogP contribution < -0.4 is 30.5 Å². The standard InChI is InChI=1S/C104H66N2O5SSi/c1-7-25-75(26-8-1)112(76-27-9-2-10-28-76,77-29-11-3-12-30-77)78-49-41-69(42-50-78)105(73-47-55-87-97(61-73)107-93-57-39-67-23-19-21-37-83(67)103(87)93)71-45-53-85-89-63-101-91(65-99(89)109-95(85)59-71)92-66-100-90(64-102(92)111-101)86-54-46-72(60-96(86)110-100)106(74-48-56-88-98(62-74)108-94-58-40-68-24-20-22-38-84(68)104(88)94)70-43-51-82(52-44-70)113(79-31-13-4-14-32-79,80-33-15-5-16-34-80)81-35-17-6-18-36-81/h1-66H. The first-order chi connectivity index (χ1) is 56.0. The van der Waals surface area contributed by atoms with Crippen molar-refractivity contribution in [1.82, 2.24) is 0 Å². The van der Waals surface area contributed by atoms with Crippen LogP contribution in [0.5, 0.6) is 0 Å². The number of furan rings is 5. The minimum absolute atomic E-state index is 0.751. The van der Waals surface area contributed by atoms with E-state index in [1.165, 1.54) is 61.9 Å². The van der Waals surface area contributed by atoms with E-state index in [0.29, 0.717) is 0 Å². The van der Waals surface area contributed by atoms with Gasteiger partial charge in [0.05, 0.1) is 0 Å². The summed E-state index contributed by atoms with van der Waals surface area (Å²) in [4.78, 5) is 9.66. The fourth-order valence-electron chi connectivity index (χ4n) is 18.2. The van der Waals surface area contributed by atoms with Crippen molar-refractivity contribution in [3.63, 3.8) is 0 Å². The number of hydrogen-bond donors (Lipinski definition) is 0. The van der Waals surface area contributed by atoms with Crippen molar-refractivity contribution in [2.45, 2.75) is 19.6 Å². The van der Waals surface area contributed by atoms with E-state index in [0.717, 1.165) is 144 Å². The summed E-state index contributed by atoms with van der Waals surface area (Å²) in [5.74, 6) is 0. The molecule has 18 aromatic carbocycles. The smallest absolute Gasteiger partial charge is 0.179 e. The third-order valence-corrected chi connectivity index (χ3v) is 32.0. The van der Waals surface area contributed by atoms with Gasteiger partial charge in [0.15, 0.2) is 8.07 Å². The van der Waals surface area contributed by atoms with Crippen molar-refractivity contribution in [2.75, 3.05) is 9.80 Å². The molecule has 7 nitrogen and oxygen atoms in total. The van der Waals surface area contributed by atoms with Gasteiger partial charge in [0.25, 0.3) is 0 Å². The summed E-state index contributed by atoms with van der Waals surface area (Å²) in [5, 5.41) is 20.0. The molecule has 0 aliphatic heterocycles. The lowest BCUT2D eigenvalue weighted by atomic mass is 10.0. The zero-order valence-corrected chi connectivity index (χ0v) is 62.8. The fraction of sp³-hybridized carbons (Fsp3) is 0. The predicted molar refractivity (Wildman–Crippen MR) is 471 cm³/mol. The molecule has 0 bridgehead atoms. The average molecular weight is 1480 g/mol. The predicted octanol–water partition coefficient (Wildman–Crippen LogP) is 27.1. The molecule has 5 aromatic heterocycles. The highest BCUT2D eigenvalue weighted by Crippen LogP contribution is 2.73. The largest absolute Gasteiger partial charge is 0.456 e. The van der Waals surface area contributed by atoms with Crippen LogP contribution in [-0.2, 0) is 0 Å². The fourth-order valence-corrected chi connectivity index (χ4v) is 26.8. The summed E-state index contributed by atoms with van der Waals surface area (Å²) >= 11 is 0. The molecule has 0 saturated heterocycles. The Bertz CT molecular complexity index is 7020. The molecular formula is C104H66N2O5SSi. The topological polar surface area (TPSA) is 72.2 Å². The minimum Gasteiger partial charge on any atom is -0.456 e. The number of nitrogens with zero attached hydrogens (tertiary/aromatic N) is 2. The Morgan fingerprint density at radius 1 is 0.177 bits per heavy atom. The Balaban J connectivity index is 0.640. The van der Waals surface area contributed by atoms with Crippen LogP contribution in [0.15, 0.2) is 442 Å². The monoisotopic (exact) mass is 1480 g/mol. The van der Waals surface area contributed by atoms with Crippen molar-refractivity contribution in [2.24, 2.45) is 0 Å². The lowest BCUT2D eigenvalue weighted by Crippen LogP contribution is -2.74. The van der Waals surface area contributed by atoms with Gasteiger partial charge in [-0.3, -0.25) is 0 Å². The van der Waals surface area contributed by atoms with Crippen molar-refractivity contribution >= 4 is 204 Å². The molecule has 0 unspecified atom stereocenters. The Hall–Kier alpha value is -14.4. The highest BCUT2D eigenvalue weighted by Gasteiger charge is 2.42. The second-order valence-corrected chi connectivity index (χ2v) is 36.3. The molecule has 0 saturated carbocycles. The highest BCUT2D eigenvalue weighted by molar-refractivity contribution is 8.34. The average Bonchev–Trinajstić information content (AvgIpc) is 1.40. The first-order valence-corrected chi connectivity index (χ1v) is 41.9. The van der Waals surface area contributed by atoms with E-state index in [9.17, 15) is 0 Å². The van der Waals surface area contributed by atoms with E-state index < -0.39 is 18.1 Å². The Labute approximate surface area is 651 Å². The second-order valence-electron chi connectivity index (χ2n) is 29.4. The maximum absolute atomic E-state index is 7.07. The maximum atomic E-state index is 7.07. The molecule has 5 heterocycles. The van der Waals surface area contributed by atoms with Crippen molar-refractivity contribution in [3.8, 4) is 0 Å². The highest BCUT2D eigenvalue weighted by atomic mass is 32.3. The molecule has 23 aromatic rings. The van der Waals surface area contributed by atoms with Gasteiger partial charge in [-0.05, 0) is 200 Å². The van der Waals surface area contributed by atoms with Crippen molar-refractivity contribution < 1.29 is 22.1 Å². The van der Waals surface area contributed by atoms with E-state index >= 15 is 0 Å². The van der Waals surface area contributed by atoms with Crippen LogP contribution in [0.1, 0.15) is 0 Å². The van der Waals surface area contributed by atoms with Gasteiger partial charge in [0.1, 0.15) is 55.8 Å². The van der Waals surface area contributed by atoms with Gasteiger partial charge in [0.2, 0.25) is 0 Å². The first kappa shape index (κ1) is 64.6. The van der Waals surface area contributed by atoms with E-state index in [1.54, 1.807) is 0 Å². The lowest BCUT2D eigenvalue weighted by Gasteiger charge is -2.42. The van der Waals surface area contributed by atoms with E-state index in [2.05, 4.69) is 410 Å². The Morgan fingerprint density at radius 2 is 0.442 bits per heavy atom. The van der Waals surface area contributed by atoms with Crippen molar-refractivity contribution in [3.05, 3.63) is 400 Å². The zero-order valence-electron chi connectivity index (χ0n) is 60.9. The number of anilines is 6. The first-order valence-electron chi connectivity index (χ1n) is 38.3. The van der Waals surface area contributed by atoms with Crippen LogP contribution in [0.25, 0.3) is 131 Å². The summed E-state index contributed by atoms with van der Waals surface area (Å²) in [7, 11) is -4.79. The van der Waals surface area contributed by atoms with E-state index in [1.807, 2.05) is 0 Å². The maximum Gasteiger partial charge on any atom is 0.179 e. The van der Waals surface area contributed by atoms with E-state index in [-0.39, 0.29) is 0 Å². The number of benzene rings is 18. The molecule has 532 valence electrons. The van der Waals surface area contributed by atoms with Crippen LogP contribution in [0.2, 0.25) is 0 Å². The minimum atomic E-state index is -2.84. The van der Waals surface area contributed by atoms with Gasteiger partial charge in [-0.1, -0.05) is 218 Å². The summed E-state index contributed by atoms with van der Waals surface area (Å²) < 4.78 is 34.7. The third kappa shape index (κ3) is 10.1. The van der Waals surface area contributed by atoms with Gasteiger partial charge in [-0.15, -0.1) is 10.0 Å². The SMILES string of the molecule is c1ccc([Si](c2ccccc2)(c2ccccc2)c2ccc(N(c3ccc4c(c3)oc3cc5c(cc34)oc3cc4c(cc35)oc3cc(N(c5ccc(S(c6ccccc6)(c6ccccc6)c6ccccc6)cc5)c5ccc6c(c5)oc5ccc7ccccc7c56)ccc34)c3ccc4c(c3)oc3ccc5ccccc5c34)cc2)cc1. The number of fused-ring (bicyclic) bond motifs is 19. The molecule has 0 N–H and O–H groups in total. The quantitative estimate of drug-likeness (QED) is 0.0793. The van der Waals surface area contributed by atoms with Crippen LogP contribution in [0.4, 0.5) is 34.1 Å². The second kappa shape index (κ2) is 25.6. The summed E-state index contributed by atoms with van der Waals surface area (Å²) in [6.07, 6.45) is 0. The summed E-state index contributed by atoms with van der Waals surface area (Å²) in [6.45, 7) is 0. The molecule has 0 amide bonds. The molecule has 0 spiro atoms. The molecule has 113 heavy (non-hydrogen) atoms. The Morgan fingerprint density at radius 3 is 0.814 bits per heavy atom. The normalized spacial score (nSPS) is 12.4. The van der Waals surface area contributed by atoms with Crippen molar-refractivity contribution in [1.29, 1.82) is 0 Å². The lowest BCUT2D eigenvalue weighted by molar-refractivity contribution is 0.662. The van der Waals surface area contributed by atoms with Gasteiger partial charge in [-0.2, -0.15) is 0 Å². The van der Waals surface area contributed by atoms with Gasteiger partial charge in [0, 0.05) is 132 Å². The van der Waals surface area contributed by atoms with Gasteiger partial charge >= 0.3 is 0 Å². The molecule has 0 aliphatic carbocycles. The third-order valence-electron chi connectivity index (χ3n) is 23.3. The van der Waals surface area contributed by atoms with Crippen LogP contribution >= 0.6 is 10.0 Å². The molecule has 0 aliphatic rings. The molecule has 0 radical (unpaired) electrons. The van der Waals surface area contributed by atoms with Crippen LogP contribution in [-0.4, -0.2) is 8.07 Å². The molecule has 0 fully saturated rings.